The normalized spacial score (nSPS) is 29.2. The smallest absolute Gasteiger partial charge is 0.0889 e. The molecule has 1 heterocycles. The second-order valence-electron chi connectivity index (χ2n) is 3.78. The summed E-state index contributed by atoms with van der Waals surface area (Å²) < 4.78 is 1.40. The lowest BCUT2D eigenvalue weighted by Crippen LogP contribution is -2.50. The van der Waals surface area contributed by atoms with Gasteiger partial charge in [0.2, 0.25) is 0 Å². The minimum atomic E-state index is 0.977. The number of quaternary nitrogens is 1. The lowest BCUT2D eigenvalue weighted by molar-refractivity contribution is -0.936. The number of hydrogen-bond acceptors (Lipinski definition) is 0. The average molecular weight is 156 g/mol. The van der Waals surface area contributed by atoms with Gasteiger partial charge in [-0.2, -0.15) is 0 Å². The zero-order valence-electron chi connectivity index (χ0n) is 8.27. The van der Waals surface area contributed by atoms with Crippen molar-refractivity contribution < 1.29 is 4.48 Å². The second-order valence-corrected chi connectivity index (χ2v) is 3.78. The average Bonchev–Trinajstić information content (AvgIpc) is 2.47. The van der Waals surface area contributed by atoms with Crippen LogP contribution in [0.5, 0.6) is 0 Å². The molecule has 1 aliphatic rings. The van der Waals surface area contributed by atoms with Crippen molar-refractivity contribution >= 4 is 0 Å². The van der Waals surface area contributed by atoms with Gasteiger partial charge in [0.25, 0.3) is 0 Å². The molecule has 0 bridgehead atoms. The van der Waals surface area contributed by atoms with Crippen LogP contribution in [0.2, 0.25) is 0 Å². The Hall–Kier alpha value is -0.0400. The Kier molecular flexibility index (Phi) is 2.94. The molecule has 0 spiro atoms. The van der Waals surface area contributed by atoms with Crippen molar-refractivity contribution in [2.24, 2.45) is 0 Å². The quantitative estimate of drug-likeness (QED) is 0.550. The molecule has 1 unspecified atom stereocenters. The SMILES string of the molecule is CCC1CCC[N+]1(CC)CC. The number of likely N-dealkylation sites (tertiary alicyclic amines) is 1. The minimum absolute atomic E-state index is 0.977. The molecule has 11 heavy (non-hydrogen) atoms. The summed E-state index contributed by atoms with van der Waals surface area (Å²) in [7, 11) is 0. The zero-order chi connectivity index (χ0) is 8.32. The maximum absolute atomic E-state index is 2.34. The fourth-order valence-electron chi connectivity index (χ4n) is 2.75. The maximum atomic E-state index is 2.34. The van der Waals surface area contributed by atoms with E-state index in [1.165, 1.54) is 43.4 Å². The van der Waals surface area contributed by atoms with Gasteiger partial charge in [-0.15, -0.1) is 0 Å². The Morgan fingerprint density at radius 2 is 1.82 bits per heavy atom. The highest BCUT2D eigenvalue weighted by atomic mass is 15.4. The van der Waals surface area contributed by atoms with E-state index in [9.17, 15) is 0 Å². The first kappa shape index (κ1) is 9.05. The molecule has 66 valence electrons. The Bertz CT molecular complexity index is 116. The summed E-state index contributed by atoms with van der Waals surface area (Å²) >= 11 is 0. The van der Waals surface area contributed by atoms with E-state index < -0.39 is 0 Å². The maximum Gasteiger partial charge on any atom is 0.0889 e. The first-order valence-electron chi connectivity index (χ1n) is 5.14. The molecule has 0 N–H and O–H groups in total. The van der Waals surface area contributed by atoms with Gasteiger partial charge in [0, 0.05) is 12.8 Å². The monoisotopic (exact) mass is 156 g/mol. The first-order valence-corrected chi connectivity index (χ1v) is 5.14. The molecule has 1 heteroatoms. The Morgan fingerprint density at radius 3 is 2.18 bits per heavy atom. The standard InChI is InChI=1S/C10H22N/c1-4-10-8-7-9-11(10,5-2)6-3/h10H,4-9H2,1-3H3/q+1. The Balaban J connectivity index is 2.63. The van der Waals surface area contributed by atoms with Crippen LogP contribution < -0.4 is 0 Å². The van der Waals surface area contributed by atoms with Gasteiger partial charge in [0.05, 0.1) is 25.7 Å². The van der Waals surface area contributed by atoms with E-state index in [0.717, 1.165) is 6.04 Å². The van der Waals surface area contributed by atoms with Gasteiger partial charge in [-0.25, -0.2) is 0 Å². The molecule has 1 saturated heterocycles. The van der Waals surface area contributed by atoms with E-state index in [-0.39, 0.29) is 0 Å². The third kappa shape index (κ3) is 1.44. The van der Waals surface area contributed by atoms with Crippen LogP contribution in [0, 0.1) is 0 Å². The van der Waals surface area contributed by atoms with Gasteiger partial charge in [-0.05, 0) is 20.3 Å². The summed E-state index contributed by atoms with van der Waals surface area (Å²) in [4.78, 5) is 0. The molecule has 0 saturated carbocycles. The summed E-state index contributed by atoms with van der Waals surface area (Å²) in [5.41, 5.74) is 0. The van der Waals surface area contributed by atoms with Crippen molar-refractivity contribution in [1.29, 1.82) is 0 Å². The molecule has 0 radical (unpaired) electrons. The van der Waals surface area contributed by atoms with Crippen LogP contribution in [0.4, 0.5) is 0 Å². The first-order chi connectivity index (χ1) is 5.29. The van der Waals surface area contributed by atoms with Crippen LogP contribution in [0.15, 0.2) is 0 Å². The summed E-state index contributed by atoms with van der Waals surface area (Å²) in [6.45, 7) is 11.2. The van der Waals surface area contributed by atoms with E-state index in [2.05, 4.69) is 20.8 Å². The van der Waals surface area contributed by atoms with Crippen molar-refractivity contribution in [2.75, 3.05) is 19.6 Å². The highest BCUT2D eigenvalue weighted by Crippen LogP contribution is 2.28. The molecule has 0 aromatic carbocycles. The van der Waals surface area contributed by atoms with Crippen molar-refractivity contribution in [3.63, 3.8) is 0 Å². The topological polar surface area (TPSA) is 0 Å². The van der Waals surface area contributed by atoms with Crippen LogP contribution >= 0.6 is 0 Å². The van der Waals surface area contributed by atoms with E-state index in [4.69, 9.17) is 0 Å². The lowest BCUT2D eigenvalue weighted by Gasteiger charge is -2.38. The van der Waals surface area contributed by atoms with Crippen molar-refractivity contribution in [3.8, 4) is 0 Å². The molecule has 0 amide bonds. The van der Waals surface area contributed by atoms with Crippen molar-refractivity contribution in [2.45, 2.75) is 46.1 Å². The summed E-state index contributed by atoms with van der Waals surface area (Å²) in [5.74, 6) is 0. The van der Waals surface area contributed by atoms with Gasteiger partial charge >= 0.3 is 0 Å². The molecule has 0 aromatic rings. The fraction of sp³-hybridized carbons (Fsp3) is 1.00. The molecule has 1 fully saturated rings. The Morgan fingerprint density at radius 1 is 1.18 bits per heavy atom. The molecular formula is C10H22N+. The summed E-state index contributed by atoms with van der Waals surface area (Å²) in [6, 6.07) is 0.977. The van der Waals surface area contributed by atoms with Crippen LogP contribution in [0.3, 0.4) is 0 Å². The summed E-state index contributed by atoms with van der Waals surface area (Å²) in [6.07, 6.45) is 4.31. The van der Waals surface area contributed by atoms with Gasteiger partial charge in [0.15, 0.2) is 0 Å². The van der Waals surface area contributed by atoms with E-state index in [0.29, 0.717) is 0 Å². The van der Waals surface area contributed by atoms with E-state index >= 15 is 0 Å². The van der Waals surface area contributed by atoms with Gasteiger partial charge < -0.3 is 4.48 Å². The summed E-state index contributed by atoms with van der Waals surface area (Å²) in [5, 5.41) is 0. The largest absolute Gasteiger partial charge is 0.322 e. The van der Waals surface area contributed by atoms with Crippen LogP contribution in [0.1, 0.15) is 40.0 Å². The molecule has 1 rings (SSSR count). The molecule has 1 aliphatic heterocycles. The van der Waals surface area contributed by atoms with Crippen LogP contribution in [-0.2, 0) is 0 Å². The molecule has 1 nitrogen and oxygen atoms in total. The van der Waals surface area contributed by atoms with Crippen molar-refractivity contribution in [3.05, 3.63) is 0 Å². The Labute approximate surface area is 71.0 Å². The van der Waals surface area contributed by atoms with E-state index in [1.807, 2.05) is 0 Å². The van der Waals surface area contributed by atoms with Crippen LogP contribution in [-0.4, -0.2) is 30.2 Å². The van der Waals surface area contributed by atoms with E-state index in [1.54, 1.807) is 0 Å². The predicted molar refractivity (Wildman–Crippen MR) is 49.5 cm³/mol. The predicted octanol–water partition coefficient (Wildman–Crippen LogP) is 2.42. The fourth-order valence-corrected chi connectivity index (χ4v) is 2.75. The molecular weight excluding hydrogens is 134 g/mol. The number of hydrogen-bond donors (Lipinski definition) is 0. The number of rotatable bonds is 3. The molecule has 1 atom stereocenters. The van der Waals surface area contributed by atoms with Crippen LogP contribution in [0.25, 0.3) is 0 Å². The third-order valence-electron chi connectivity index (χ3n) is 3.65. The lowest BCUT2D eigenvalue weighted by atomic mass is 10.1. The minimum Gasteiger partial charge on any atom is -0.322 e. The molecule has 0 aliphatic carbocycles. The molecule has 0 aromatic heterocycles. The third-order valence-corrected chi connectivity index (χ3v) is 3.65. The highest BCUT2D eigenvalue weighted by molar-refractivity contribution is 4.65. The zero-order valence-corrected chi connectivity index (χ0v) is 8.27. The van der Waals surface area contributed by atoms with Crippen molar-refractivity contribution in [1.82, 2.24) is 0 Å². The van der Waals surface area contributed by atoms with Gasteiger partial charge in [-0.3, -0.25) is 0 Å². The van der Waals surface area contributed by atoms with Gasteiger partial charge in [0.1, 0.15) is 0 Å². The second kappa shape index (κ2) is 3.57. The highest BCUT2D eigenvalue weighted by Gasteiger charge is 2.37. The van der Waals surface area contributed by atoms with Gasteiger partial charge in [-0.1, -0.05) is 6.92 Å². The number of nitrogens with zero attached hydrogens (tertiary/aromatic N) is 1.